The number of hydrogen-bond donors (Lipinski definition) is 0. The van der Waals surface area contributed by atoms with Gasteiger partial charge in [0.2, 0.25) is 11.8 Å². The molecule has 6 heteroatoms. The Hall–Kier alpha value is -2.08. The molecule has 26 heavy (non-hydrogen) atoms. The first-order valence-corrected chi connectivity index (χ1v) is 9.40. The molecule has 2 amide bonds. The molecule has 0 saturated carbocycles. The van der Waals surface area contributed by atoms with Crippen LogP contribution >= 0.6 is 0 Å². The van der Waals surface area contributed by atoms with Crippen molar-refractivity contribution in [1.82, 2.24) is 9.80 Å². The van der Waals surface area contributed by atoms with Crippen LogP contribution in [0.25, 0.3) is 0 Å². The van der Waals surface area contributed by atoms with E-state index in [1.165, 1.54) is 0 Å². The topological polar surface area (TPSA) is 59.1 Å². The summed E-state index contributed by atoms with van der Waals surface area (Å²) in [5.74, 6) is 1.29. The molecule has 3 heterocycles. The maximum atomic E-state index is 12.8. The number of methoxy groups -OCH3 is 1. The fourth-order valence-electron chi connectivity index (χ4n) is 4.34. The molecule has 3 aliphatic rings. The Balaban J connectivity index is 1.30. The van der Waals surface area contributed by atoms with Crippen LogP contribution in [0.5, 0.6) is 5.75 Å². The first kappa shape index (κ1) is 17.3. The zero-order valence-electron chi connectivity index (χ0n) is 15.3. The minimum absolute atomic E-state index is 0.0210. The summed E-state index contributed by atoms with van der Waals surface area (Å²) in [6, 6.07) is 7.85. The van der Waals surface area contributed by atoms with E-state index in [0.29, 0.717) is 32.8 Å². The number of hydrogen-bond acceptors (Lipinski definition) is 4. The lowest BCUT2D eigenvalue weighted by molar-refractivity contribution is -0.168. The summed E-state index contributed by atoms with van der Waals surface area (Å²) in [4.78, 5) is 29.1. The van der Waals surface area contributed by atoms with Gasteiger partial charge in [0.05, 0.1) is 25.0 Å². The van der Waals surface area contributed by atoms with E-state index in [1.807, 2.05) is 34.1 Å². The van der Waals surface area contributed by atoms with Gasteiger partial charge < -0.3 is 19.3 Å². The smallest absolute Gasteiger partial charge is 0.231 e. The van der Waals surface area contributed by atoms with Crippen molar-refractivity contribution >= 4 is 11.8 Å². The van der Waals surface area contributed by atoms with Gasteiger partial charge in [-0.15, -0.1) is 0 Å². The van der Waals surface area contributed by atoms with Crippen molar-refractivity contribution in [2.24, 2.45) is 11.3 Å². The molecule has 0 N–H and O–H groups in total. The Labute approximate surface area is 154 Å². The molecule has 0 radical (unpaired) electrons. The largest absolute Gasteiger partial charge is 0.497 e. The zero-order valence-corrected chi connectivity index (χ0v) is 15.3. The average molecular weight is 358 g/mol. The van der Waals surface area contributed by atoms with Crippen molar-refractivity contribution in [3.63, 3.8) is 0 Å². The SMILES string of the molecule is COc1ccc(CN2CC3(CCN(C(=O)C4CCOC4)CC3)C2=O)cc1. The van der Waals surface area contributed by atoms with Crippen LogP contribution in [0, 0.1) is 11.3 Å². The predicted octanol–water partition coefficient (Wildman–Crippen LogP) is 1.68. The number of nitrogens with zero attached hydrogens (tertiary/aromatic N) is 2. The van der Waals surface area contributed by atoms with Crippen LogP contribution in [0.2, 0.25) is 0 Å². The number of carbonyl (C=O) groups excluding carboxylic acids is 2. The second-order valence-electron chi connectivity index (χ2n) is 7.68. The molecular weight excluding hydrogens is 332 g/mol. The third-order valence-electron chi connectivity index (χ3n) is 6.08. The van der Waals surface area contributed by atoms with Crippen LogP contribution in [0.15, 0.2) is 24.3 Å². The third-order valence-corrected chi connectivity index (χ3v) is 6.08. The van der Waals surface area contributed by atoms with E-state index in [0.717, 1.165) is 37.1 Å². The molecular formula is C20H26N2O4. The summed E-state index contributed by atoms with van der Waals surface area (Å²) in [5.41, 5.74) is 0.873. The Bertz CT molecular complexity index is 674. The lowest BCUT2D eigenvalue weighted by Gasteiger charge is -2.52. The highest BCUT2D eigenvalue weighted by molar-refractivity contribution is 5.89. The van der Waals surface area contributed by atoms with E-state index in [4.69, 9.17) is 9.47 Å². The minimum Gasteiger partial charge on any atom is -0.497 e. The van der Waals surface area contributed by atoms with Gasteiger partial charge in [-0.25, -0.2) is 0 Å². The maximum absolute atomic E-state index is 12.8. The van der Waals surface area contributed by atoms with Gasteiger partial charge in [0, 0.05) is 32.8 Å². The lowest BCUT2D eigenvalue weighted by Crippen LogP contribution is -2.64. The van der Waals surface area contributed by atoms with Gasteiger partial charge in [0.15, 0.2) is 0 Å². The molecule has 0 bridgehead atoms. The first-order valence-electron chi connectivity index (χ1n) is 9.40. The van der Waals surface area contributed by atoms with Gasteiger partial charge in [0.25, 0.3) is 0 Å². The highest BCUT2D eigenvalue weighted by Gasteiger charge is 2.53. The molecule has 1 aromatic rings. The fraction of sp³-hybridized carbons (Fsp3) is 0.600. The van der Waals surface area contributed by atoms with Crippen molar-refractivity contribution < 1.29 is 19.1 Å². The van der Waals surface area contributed by atoms with Crippen LogP contribution in [0.1, 0.15) is 24.8 Å². The van der Waals surface area contributed by atoms with Crippen molar-refractivity contribution in [3.05, 3.63) is 29.8 Å². The number of carbonyl (C=O) groups is 2. The number of β-lactam (4-membered cyclic amide) rings is 1. The van der Waals surface area contributed by atoms with Crippen LogP contribution in [-0.2, 0) is 20.9 Å². The molecule has 1 aromatic carbocycles. The highest BCUT2D eigenvalue weighted by atomic mass is 16.5. The number of ether oxygens (including phenoxy) is 2. The quantitative estimate of drug-likeness (QED) is 0.769. The Morgan fingerprint density at radius 3 is 2.58 bits per heavy atom. The zero-order chi connectivity index (χ0) is 18.1. The van der Waals surface area contributed by atoms with E-state index < -0.39 is 0 Å². The van der Waals surface area contributed by atoms with Gasteiger partial charge in [-0.3, -0.25) is 9.59 Å². The number of piperidine rings is 1. The summed E-state index contributed by atoms with van der Waals surface area (Å²) in [6.45, 7) is 4.07. The van der Waals surface area contributed by atoms with Crippen molar-refractivity contribution in [3.8, 4) is 5.75 Å². The third kappa shape index (κ3) is 3.07. The second-order valence-corrected chi connectivity index (χ2v) is 7.68. The molecule has 140 valence electrons. The molecule has 6 nitrogen and oxygen atoms in total. The van der Waals surface area contributed by atoms with Crippen LogP contribution in [-0.4, -0.2) is 61.6 Å². The van der Waals surface area contributed by atoms with Gasteiger partial charge in [-0.2, -0.15) is 0 Å². The van der Waals surface area contributed by atoms with Gasteiger partial charge in [-0.1, -0.05) is 12.1 Å². The molecule has 3 fully saturated rings. The number of rotatable bonds is 4. The van der Waals surface area contributed by atoms with E-state index >= 15 is 0 Å². The Morgan fingerprint density at radius 1 is 1.27 bits per heavy atom. The van der Waals surface area contributed by atoms with Gasteiger partial charge in [0.1, 0.15) is 5.75 Å². The number of likely N-dealkylation sites (tertiary alicyclic amines) is 2. The van der Waals surface area contributed by atoms with Crippen LogP contribution in [0.3, 0.4) is 0 Å². The first-order chi connectivity index (χ1) is 12.6. The molecule has 1 spiro atoms. The maximum Gasteiger partial charge on any atom is 0.231 e. The molecule has 1 unspecified atom stereocenters. The normalized spacial score (nSPS) is 24.7. The van der Waals surface area contributed by atoms with Crippen molar-refractivity contribution in [2.45, 2.75) is 25.8 Å². The highest BCUT2D eigenvalue weighted by Crippen LogP contribution is 2.42. The van der Waals surface area contributed by atoms with Gasteiger partial charge in [-0.05, 0) is 37.0 Å². The monoisotopic (exact) mass is 358 g/mol. The van der Waals surface area contributed by atoms with E-state index in [1.54, 1.807) is 7.11 Å². The molecule has 1 atom stereocenters. The van der Waals surface area contributed by atoms with E-state index in [-0.39, 0.29) is 23.1 Å². The van der Waals surface area contributed by atoms with Gasteiger partial charge >= 0.3 is 0 Å². The Kier molecular flexibility index (Phi) is 4.61. The summed E-state index contributed by atoms with van der Waals surface area (Å²) >= 11 is 0. The van der Waals surface area contributed by atoms with Crippen molar-refractivity contribution in [2.75, 3.05) is 40.0 Å². The Morgan fingerprint density at radius 2 is 2.00 bits per heavy atom. The molecule has 3 saturated heterocycles. The molecule has 4 rings (SSSR count). The second kappa shape index (κ2) is 6.91. The minimum atomic E-state index is -0.241. The summed E-state index contributed by atoms with van der Waals surface area (Å²) in [7, 11) is 1.65. The predicted molar refractivity (Wildman–Crippen MR) is 95.6 cm³/mol. The summed E-state index contributed by atoms with van der Waals surface area (Å²) in [5, 5.41) is 0. The standard InChI is InChI=1S/C20H26N2O4/c1-25-17-4-2-15(3-5-17)12-22-14-20(19(22)24)7-9-21(10-8-20)18(23)16-6-11-26-13-16/h2-5,16H,6-14H2,1H3. The molecule has 3 aliphatic heterocycles. The summed E-state index contributed by atoms with van der Waals surface area (Å²) in [6.07, 6.45) is 2.39. The van der Waals surface area contributed by atoms with Crippen LogP contribution < -0.4 is 4.74 Å². The fourth-order valence-corrected chi connectivity index (χ4v) is 4.34. The number of amides is 2. The molecule has 0 aliphatic carbocycles. The average Bonchev–Trinajstić information content (AvgIpc) is 3.23. The molecule has 0 aromatic heterocycles. The number of benzene rings is 1. The lowest BCUT2D eigenvalue weighted by atomic mass is 9.70. The van der Waals surface area contributed by atoms with E-state index in [9.17, 15) is 9.59 Å². The summed E-state index contributed by atoms with van der Waals surface area (Å²) < 4.78 is 10.5. The van der Waals surface area contributed by atoms with Crippen molar-refractivity contribution in [1.29, 1.82) is 0 Å². The van der Waals surface area contributed by atoms with E-state index in [2.05, 4.69) is 0 Å². The van der Waals surface area contributed by atoms with Crippen LogP contribution in [0.4, 0.5) is 0 Å².